The first-order chi connectivity index (χ1) is 8.40. The van der Waals surface area contributed by atoms with Crippen LogP contribution in [0.5, 0.6) is 0 Å². The summed E-state index contributed by atoms with van der Waals surface area (Å²) in [4.78, 5) is 0. The summed E-state index contributed by atoms with van der Waals surface area (Å²) >= 11 is 0. The van der Waals surface area contributed by atoms with E-state index in [1.165, 1.54) is 16.9 Å². The van der Waals surface area contributed by atoms with Crippen LogP contribution < -0.4 is 5.32 Å². The van der Waals surface area contributed by atoms with Gasteiger partial charge in [0.2, 0.25) is 0 Å². The molecule has 0 radical (unpaired) electrons. The van der Waals surface area contributed by atoms with Gasteiger partial charge in [-0.2, -0.15) is 5.10 Å². The van der Waals surface area contributed by atoms with Gasteiger partial charge >= 0.3 is 0 Å². The largest absolute Gasteiger partial charge is 0.370 e. The lowest BCUT2D eigenvalue weighted by Crippen LogP contribution is -2.24. The van der Waals surface area contributed by atoms with E-state index >= 15 is 0 Å². The fourth-order valence-corrected chi connectivity index (χ4v) is 2.52. The Balaban J connectivity index is 2.03. The van der Waals surface area contributed by atoms with Gasteiger partial charge in [-0.1, -0.05) is 37.3 Å². The molecule has 0 aliphatic carbocycles. The van der Waals surface area contributed by atoms with E-state index in [0.717, 1.165) is 19.4 Å². The lowest BCUT2D eigenvalue weighted by atomic mass is 10.0. The number of benzene rings is 1. The molecule has 1 unspecified atom stereocenters. The Bertz CT molecular complexity index is 501. The summed E-state index contributed by atoms with van der Waals surface area (Å²) < 4.78 is 2.14. The number of aryl methyl sites for hydroxylation is 1. The number of anilines is 1. The van der Waals surface area contributed by atoms with Gasteiger partial charge in [-0.05, 0) is 18.4 Å². The summed E-state index contributed by atoms with van der Waals surface area (Å²) in [6.45, 7) is 3.20. The van der Waals surface area contributed by atoms with Gasteiger partial charge in [-0.15, -0.1) is 0 Å². The van der Waals surface area contributed by atoms with E-state index < -0.39 is 0 Å². The third-order valence-electron chi connectivity index (χ3n) is 3.44. The van der Waals surface area contributed by atoms with Crippen molar-refractivity contribution in [2.24, 2.45) is 0 Å². The number of hydrogen-bond acceptors (Lipinski definition) is 2. The molecule has 1 aromatic heterocycles. The number of fused-ring (bicyclic) bond motifs is 1. The molecule has 88 valence electrons. The molecule has 0 amide bonds. The molecule has 3 nitrogen and oxygen atoms in total. The van der Waals surface area contributed by atoms with Gasteiger partial charge in [0, 0.05) is 12.1 Å². The van der Waals surface area contributed by atoms with E-state index in [1.54, 1.807) is 0 Å². The van der Waals surface area contributed by atoms with Gasteiger partial charge in [-0.25, -0.2) is 4.68 Å². The Morgan fingerprint density at radius 2 is 2.18 bits per heavy atom. The van der Waals surface area contributed by atoms with Crippen molar-refractivity contribution in [3.05, 3.63) is 47.7 Å². The maximum Gasteiger partial charge on any atom is 0.128 e. The van der Waals surface area contributed by atoms with Crippen molar-refractivity contribution in [3.8, 4) is 0 Å². The minimum atomic E-state index is 0.382. The van der Waals surface area contributed by atoms with Crippen molar-refractivity contribution in [2.75, 3.05) is 11.9 Å². The summed E-state index contributed by atoms with van der Waals surface area (Å²) in [5.41, 5.74) is 2.66. The summed E-state index contributed by atoms with van der Waals surface area (Å²) in [6, 6.07) is 11.0. The van der Waals surface area contributed by atoms with Crippen LogP contribution in [-0.4, -0.2) is 16.3 Å². The molecule has 1 aliphatic heterocycles. The van der Waals surface area contributed by atoms with Crippen LogP contribution in [-0.2, 0) is 6.42 Å². The minimum absolute atomic E-state index is 0.382. The second-order valence-electron chi connectivity index (χ2n) is 4.46. The van der Waals surface area contributed by atoms with Gasteiger partial charge in [0.05, 0.1) is 12.2 Å². The smallest absolute Gasteiger partial charge is 0.128 e. The topological polar surface area (TPSA) is 29.9 Å². The highest BCUT2D eigenvalue weighted by Crippen LogP contribution is 2.31. The predicted molar refractivity (Wildman–Crippen MR) is 69.3 cm³/mol. The van der Waals surface area contributed by atoms with Crippen LogP contribution in [0.1, 0.15) is 30.5 Å². The van der Waals surface area contributed by atoms with Crippen molar-refractivity contribution in [1.82, 2.24) is 9.78 Å². The van der Waals surface area contributed by atoms with Gasteiger partial charge in [-0.3, -0.25) is 0 Å². The first-order valence-corrected chi connectivity index (χ1v) is 6.25. The van der Waals surface area contributed by atoms with Crippen molar-refractivity contribution >= 4 is 5.82 Å². The highest BCUT2D eigenvalue weighted by atomic mass is 15.4. The number of hydrogen-bond donors (Lipinski definition) is 1. The van der Waals surface area contributed by atoms with Crippen molar-refractivity contribution in [2.45, 2.75) is 25.8 Å². The lowest BCUT2D eigenvalue weighted by Gasteiger charge is -2.26. The Labute approximate surface area is 101 Å². The van der Waals surface area contributed by atoms with Crippen molar-refractivity contribution < 1.29 is 0 Å². The zero-order valence-corrected chi connectivity index (χ0v) is 10.1. The van der Waals surface area contributed by atoms with Crippen LogP contribution in [0.25, 0.3) is 0 Å². The summed E-state index contributed by atoms with van der Waals surface area (Å²) in [7, 11) is 0. The van der Waals surface area contributed by atoms with E-state index in [-0.39, 0.29) is 0 Å². The van der Waals surface area contributed by atoms with Gasteiger partial charge in [0.25, 0.3) is 0 Å². The Hall–Kier alpha value is -1.77. The molecule has 0 fully saturated rings. The van der Waals surface area contributed by atoms with Crippen molar-refractivity contribution in [1.29, 1.82) is 0 Å². The highest BCUT2D eigenvalue weighted by Gasteiger charge is 2.23. The molecule has 3 heteroatoms. The summed E-state index contributed by atoms with van der Waals surface area (Å²) in [6.07, 6.45) is 4.12. The molecule has 0 saturated carbocycles. The number of nitrogens with one attached hydrogen (secondary N) is 1. The molecule has 2 aromatic rings. The van der Waals surface area contributed by atoms with Gasteiger partial charge < -0.3 is 5.32 Å². The van der Waals surface area contributed by atoms with Crippen LogP contribution in [0, 0.1) is 0 Å². The van der Waals surface area contributed by atoms with E-state index in [4.69, 9.17) is 0 Å². The fraction of sp³-hybridized carbons (Fsp3) is 0.357. The van der Waals surface area contributed by atoms with Crippen LogP contribution in [0.15, 0.2) is 36.5 Å². The zero-order chi connectivity index (χ0) is 11.7. The van der Waals surface area contributed by atoms with Crippen LogP contribution in [0.4, 0.5) is 5.82 Å². The molecule has 0 saturated heterocycles. The Kier molecular flexibility index (Phi) is 2.59. The predicted octanol–water partition coefficient (Wildman–Crippen LogP) is 2.85. The number of aromatic nitrogens is 2. The Morgan fingerprint density at radius 3 is 2.94 bits per heavy atom. The first-order valence-electron chi connectivity index (χ1n) is 6.25. The summed E-state index contributed by atoms with van der Waals surface area (Å²) in [5, 5.41) is 8.00. The first kappa shape index (κ1) is 10.4. The average Bonchev–Trinajstić information content (AvgIpc) is 2.82. The quantitative estimate of drug-likeness (QED) is 0.855. The molecular formula is C14H17N3. The molecule has 3 rings (SSSR count). The van der Waals surface area contributed by atoms with E-state index in [9.17, 15) is 0 Å². The lowest BCUT2D eigenvalue weighted by molar-refractivity contribution is 0.481. The standard InChI is InChI=1S/C14H17N3/c1-2-11-10-16-17-13(8-9-15-14(11)17)12-6-4-3-5-7-12/h3-7,10,13,15H,2,8-9H2,1H3. The molecule has 1 aromatic carbocycles. The van der Waals surface area contributed by atoms with E-state index in [2.05, 4.69) is 52.4 Å². The number of nitrogens with zero attached hydrogens (tertiary/aromatic N) is 2. The highest BCUT2D eigenvalue weighted by molar-refractivity contribution is 5.47. The monoisotopic (exact) mass is 227 g/mol. The molecule has 0 spiro atoms. The average molecular weight is 227 g/mol. The molecule has 17 heavy (non-hydrogen) atoms. The fourth-order valence-electron chi connectivity index (χ4n) is 2.52. The minimum Gasteiger partial charge on any atom is -0.370 e. The van der Waals surface area contributed by atoms with Gasteiger partial charge in [0.1, 0.15) is 5.82 Å². The maximum atomic E-state index is 4.54. The second-order valence-corrected chi connectivity index (χ2v) is 4.46. The van der Waals surface area contributed by atoms with Gasteiger partial charge in [0.15, 0.2) is 0 Å². The Morgan fingerprint density at radius 1 is 1.35 bits per heavy atom. The number of rotatable bonds is 2. The van der Waals surface area contributed by atoms with E-state index in [1.807, 2.05) is 6.20 Å². The molecule has 1 atom stereocenters. The molecular weight excluding hydrogens is 210 g/mol. The zero-order valence-electron chi connectivity index (χ0n) is 10.1. The van der Waals surface area contributed by atoms with Crippen LogP contribution in [0.2, 0.25) is 0 Å². The third kappa shape index (κ3) is 1.71. The van der Waals surface area contributed by atoms with E-state index in [0.29, 0.717) is 6.04 Å². The van der Waals surface area contributed by atoms with Crippen LogP contribution >= 0.6 is 0 Å². The maximum absolute atomic E-state index is 4.54. The van der Waals surface area contributed by atoms with Crippen molar-refractivity contribution in [3.63, 3.8) is 0 Å². The molecule has 0 bridgehead atoms. The second kappa shape index (κ2) is 4.24. The normalized spacial score (nSPS) is 18.5. The molecule has 1 aliphatic rings. The van der Waals surface area contributed by atoms with Crippen LogP contribution in [0.3, 0.4) is 0 Å². The molecule has 1 N–H and O–H groups in total. The summed E-state index contributed by atoms with van der Waals surface area (Å²) in [5.74, 6) is 1.20. The SMILES string of the molecule is CCc1cnn2c1NCCC2c1ccccc1. The third-order valence-corrected chi connectivity index (χ3v) is 3.44. The molecule has 2 heterocycles.